The van der Waals surface area contributed by atoms with Crippen LogP contribution in [0.4, 0.5) is 0 Å². The summed E-state index contributed by atoms with van der Waals surface area (Å²) in [5.74, 6) is 0. The summed E-state index contributed by atoms with van der Waals surface area (Å²) in [7, 11) is 0. The van der Waals surface area contributed by atoms with E-state index >= 15 is 0 Å². The smallest absolute Gasteiger partial charge is 0.0908 e. The summed E-state index contributed by atoms with van der Waals surface area (Å²) in [5, 5.41) is 8.09. The lowest BCUT2D eigenvalue weighted by molar-refractivity contribution is 0.544. The molecule has 0 spiro atoms. The summed E-state index contributed by atoms with van der Waals surface area (Å²) in [6, 6.07) is 1.94. The number of nitriles is 1. The zero-order valence-electron chi connectivity index (χ0n) is 5.60. The fourth-order valence-electron chi connectivity index (χ4n) is 0.287. The van der Waals surface area contributed by atoms with Crippen LogP contribution in [0.2, 0.25) is 0 Å². The van der Waals surface area contributed by atoms with Gasteiger partial charge in [0.1, 0.15) is 0 Å². The predicted molar refractivity (Wildman–Crippen MR) is 34.2 cm³/mol. The standard InChI is InChI=1S/C7H11N/c1-7(2,3)5-4-6-8/h4-5H,1-3H3. The first-order chi connectivity index (χ1) is 3.56. The van der Waals surface area contributed by atoms with Gasteiger partial charge in [-0.2, -0.15) is 5.26 Å². The molecule has 0 atom stereocenters. The van der Waals surface area contributed by atoms with E-state index in [-0.39, 0.29) is 5.41 Å². The van der Waals surface area contributed by atoms with E-state index in [0.717, 1.165) is 0 Å². The first kappa shape index (κ1) is 7.23. The van der Waals surface area contributed by atoms with Gasteiger partial charge < -0.3 is 0 Å². The quantitative estimate of drug-likeness (QED) is 0.437. The van der Waals surface area contributed by atoms with Crippen molar-refractivity contribution in [2.75, 3.05) is 0 Å². The fourth-order valence-corrected chi connectivity index (χ4v) is 0.287. The van der Waals surface area contributed by atoms with Crippen LogP contribution in [-0.2, 0) is 0 Å². The van der Waals surface area contributed by atoms with Crippen molar-refractivity contribution < 1.29 is 0 Å². The summed E-state index contributed by atoms with van der Waals surface area (Å²) >= 11 is 0. The van der Waals surface area contributed by atoms with E-state index in [1.54, 1.807) is 0 Å². The number of hydrogen-bond acceptors (Lipinski definition) is 1. The molecular formula is C7H11N. The Balaban J connectivity index is 3.75. The third kappa shape index (κ3) is 5.23. The van der Waals surface area contributed by atoms with Crippen LogP contribution in [0.5, 0.6) is 0 Å². The molecule has 1 heteroatoms. The number of nitrogens with zero attached hydrogens (tertiary/aromatic N) is 1. The molecule has 0 rings (SSSR count). The van der Waals surface area contributed by atoms with E-state index in [9.17, 15) is 0 Å². The highest BCUT2D eigenvalue weighted by molar-refractivity contribution is 5.05. The lowest BCUT2D eigenvalue weighted by atomic mass is 9.97. The fraction of sp³-hybridized carbons (Fsp3) is 0.571. The van der Waals surface area contributed by atoms with Gasteiger partial charge in [0, 0.05) is 6.08 Å². The minimum absolute atomic E-state index is 0.149. The van der Waals surface area contributed by atoms with Crippen LogP contribution in [-0.4, -0.2) is 0 Å². The molecule has 0 aromatic carbocycles. The lowest BCUT2D eigenvalue weighted by Crippen LogP contribution is -1.97. The maximum atomic E-state index is 8.09. The highest BCUT2D eigenvalue weighted by Gasteiger charge is 2.01. The van der Waals surface area contributed by atoms with E-state index in [1.165, 1.54) is 6.08 Å². The van der Waals surface area contributed by atoms with Crippen LogP contribution in [0, 0.1) is 16.7 Å². The normalized spacial score (nSPS) is 11.8. The Morgan fingerprint density at radius 2 is 1.88 bits per heavy atom. The monoisotopic (exact) mass is 109 g/mol. The third-order valence-corrected chi connectivity index (χ3v) is 0.658. The summed E-state index contributed by atoms with van der Waals surface area (Å²) in [6.07, 6.45) is 3.40. The molecule has 0 saturated heterocycles. The van der Waals surface area contributed by atoms with Crippen molar-refractivity contribution in [1.82, 2.24) is 0 Å². The topological polar surface area (TPSA) is 23.8 Å². The van der Waals surface area contributed by atoms with Gasteiger partial charge in [0.2, 0.25) is 0 Å². The molecule has 0 saturated carbocycles. The van der Waals surface area contributed by atoms with Crippen LogP contribution in [0.15, 0.2) is 12.2 Å². The molecular weight excluding hydrogens is 98.1 g/mol. The van der Waals surface area contributed by atoms with E-state index in [2.05, 4.69) is 20.8 Å². The van der Waals surface area contributed by atoms with Gasteiger partial charge in [-0.15, -0.1) is 0 Å². The van der Waals surface area contributed by atoms with Crippen LogP contribution in [0.1, 0.15) is 20.8 Å². The summed E-state index contributed by atoms with van der Waals surface area (Å²) in [4.78, 5) is 0. The Kier molecular flexibility index (Phi) is 2.27. The number of rotatable bonds is 0. The molecule has 0 amide bonds. The number of hydrogen-bond donors (Lipinski definition) is 0. The largest absolute Gasteiger partial charge is 0.193 e. The maximum absolute atomic E-state index is 8.09. The molecule has 0 aliphatic carbocycles. The van der Waals surface area contributed by atoms with Crippen molar-refractivity contribution >= 4 is 0 Å². The van der Waals surface area contributed by atoms with Gasteiger partial charge in [0.05, 0.1) is 6.07 Å². The van der Waals surface area contributed by atoms with Crippen molar-refractivity contribution in [1.29, 1.82) is 5.26 Å². The Labute approximate surface area is 50.6 Å². The molecule has 0 heterocycles. The van der Waals surface area contributed by atoms with Crippen molar-refractivity contribution in [3.63, 3.8) is 0 Å². The Hall–Kier alpha value is -0.770. The van der Waals surface area contributed by atoms with Crippen molar-refractivity contribution in [3.8, 4) is 6.07 Å². The third-order valence-electron chi connectivity index (χ3n) is 0.658. The summed E-state index contributed by atoms with van der Waals surface area (Å²) in [6.45, 7) is 6.17. The zero-order valence-corrected chi connectivity index (χ0v) is 5.60. The minimum atomic E-state index is 0.149. The van der Waals surface area contributed by atoms with Crippen molar-refractivity contribution in [3.05, 3.63) is 12.2 Å². The highest BCUT2D eigenvalue weighted by atomic mass is 14.2. The first-order valence-electron chi connectivity index (χ1n) is 2.63. The highest BCUT2D eigenvalue weighted by Crippen LogP contribution is 2.13. The molecule has 0 N–H and O–H groups in total. The van der Waals surface area contributed by atoms with E-state index in [1.807, 2.05) is 12.1 Å². The van der Waals surface area contributed by atoms with Gasteiger partial charge in [0.25, 0.3) is 0 Å². The van der Waals surface area contributed by atoms with Crippen LogP contribution >= 0.6 is 0 Å². The van der Waals surface area contributed by atoms with Gasteiger partial charge >= 0.3 is 0 Å². The van der Waals surface area contributed by atoms with Gasteiger partial charge in [0.15, 0.2) is 0 Å². The average molecular weight is 109 g/mol. The Bertz CT molecular complexity index is 120. The molecule has 0 radical (unpaired) electrons. The minimum Gasteiger partial charge on any atom is -0.193 e. The number of allylic oxidation sites excluding steroid dienone is 2. The average Bonchev–Trinajstić information content (AvgIpc) is 1.59. The lowest BCUT2D eigenvalue weighted by Gasteiger charge is -2.08. The van der Waals surface area contributed by atoms with E-state index < -0.39 is 0 Å². The predicted octanol–water partition coefficient (Wildman–Crippen LogP) is 2.11. The second kappa shape index (κ2) is 2.52. The van der Waals surface area contributed by atoms with Gasteiger partial charge in [-0.05, 0) is 5.41 Å². The van der Waals surface area contributed by atoms with Crippen molar-refractivity contribution in [2.45, 2.75) is 20.8 Å². The SMILES string of the molecule is CC(C)(C)C=CC#N. The van der Waals surface area contributed by atoms with E-state index in [0.29, 0.717) is 0 Å². The molecule has 8 heavy (non-hydrogen) atoms. The maximum Gasteiger partial charge on any atom is 0.0908 e. The second-order valence-electron chi connectivity index (χ2n) is 2.83. The molecule has 0 aliphatic rings. The zero-order chi connectivity index (χ0) is 6.62. The molecule has 0 bridgehead atoms. The molecule has 0 aromatic rings. The van der Waals surface area contributed by atoms with E-state index in [4.69, 9.17) is 5.26 Å². The van der Waals surface area contributed by atoms with Gasteiger partial charge in [-0.25, -0.2) is 0 Å². The van der Waals surface area contributed by atoms with Crippen LogP contribution < -0.4 is 0 Å². The molecule has 44 valence electrons. The molecule has 0 aromatic heterocycles. The van der Waals surface area contributed by atoms with Gasteiger partial charge in [-0.1, -0.05) is 26.8 Å². The summed E-state index contributed by atoms with van der Waals surface area (Å²) in [5.41, 5.74) is 0.149. The van der Waals surface area contributed by atoms with Crippen LogP contribution in [0.3, 0.4) is 0 Å². The first-order valence-corrected chi connectivity index (χ1v) is 2.63. The summed E-state index contributed by atoms with van der Waals surface area (Å²) < 4.78 is 0. The Morgan fingerprint density at radius 3 is 2.00 bits per heavy atom. The molecule has 1 nitrogen and oxygen atoms in total. The molecule has 0 fully saturated rings. The molecule has 0 aliphatic heterocycles. The van der Waals surface area contributed by atoms with Crippen LogP contribution in [0.25, 0.3) is 0 Å². The van der Waals surface area contributed by atoms with Crippen molar-refractivity contribution in [2.24, 2.45) is 5.41 Å². The second-order valence-corrected chi connectivity index (χ2v) is 2.83. The molecule has 0 unspecified atom stereocenters. The Morgan fingerprint density at radius 1 is 1.38 bits per heavy atom. The van der Waals surface area contributed by atoms with Gasteiger partial charge in [-0.3, -0.25) is 0 Å².